The normalized spacial score (nSPS) is 16.1. The molecular weight excluding hydrogens is 270 g/mol. The van der Waals surface area contributed by atoms with E-state index in [2.05, 4.69) is 17.1 Å². The Labute approximate surface area is 126 Å². The second-order valence-electron chi connectivity index (χ2n) is 5.30. The first-order valence-corrected chi connectivity index (χ1v) is 8.54. The summed E-state index contributed by atoms with van der Waals surface area (Å²) in [4.78, 5) is 8.77. The minimum atomic E-state index is 0.766. The van der Waals surface area contributed by atoms with Gasteiger partial charge in [-0.25, -0.2) is 4.98 Å². The van der Waals surface area contributed by atoms with Crippen LogP contribution in [0.25, 0.3) is 0 Å². The maximum Gasteiger partial charge on any atom is 0.0944 e. The van der Waals surface area contributed by atoms with Crippen molar-refractivity contribution in [3.05, 3.63) is 15.6 Å². The Hall–Kier alpha value is -0.490. The van der Waals surface area contributed by atoms with Crippen LogP contribution in [0.1, 0.15) is 35.3 Å². The van der Waals surface area contributed by atoms with Gasteiger partial charge >= 0.3 is 0 Å². The Morgan fingerprint density at radius 2 is 2.15 bits per heavy atom. The van der Waals surface area contributed by atoms with Gasteiger partial charge in [0.2, 0.25) is 0 Å². The van der Waals surface area contributed by atoms with Crippen LogP contribution in [-0.2, 0) is 24.1 Å². The molecule has 0 radical (unpaired) electrons. The summed E-state index contributed by atoms with van der Waals surface area (Å²) in [5.74, 6) is 0. The highest BCUT2D eigenvalue weighted by molar-refractivity contribution is 7.11. The summed E-state index contributed by atoms with van der Waals surface area (Å²) in [6.07, 6.45) is 4.87. The SMILES string of the molecule is CCc1nc(CCN2CCCC2)sc1CNCCOC. The molecule has 5 heteroatoms. The van der Waals surface area contributed by atoms with Crippen LogP contribution in [0.5, 0.6) is 0 Å². The van der Waals surface area contributed by atoms with Crippen molar-refractivity contribution in [1.29, 1.82) is 0 Å². The molecule has 0 unspecified atom stereocenters. The summed E-state index contributed by atoms with van der Waals surface area (Å²) >= 11 is 1.88. The standard InChI is InChI=1S/C15H27N3OS/c1-3-13-14(12-16-7-11-19-2)20-15(17-13)6-10-18-8-4-5-9-18/h16H,3-12H2,1-2H3. The molecule has 1 N–H and O–H groups in total. The molecule has 0 aliphatic carbocycles. The summed E-state index contributed by atoms with van der Waals surface area (Å²) in [5.41, 5.74) is 1.27. The first kappa shape index (κ1) is 15.9. The molecule has 0 aromatic carbocycles. The lowest BCUT2D eigenvalue weighted by Gasteiger charge is -2.12. The van der Waals surface area contributed by atoms with Crippen molar-refractivity contribution in [3.8, 4) is 0 Å². The number of ether oxygens (including phenoxy) is 1. The molecule has 0 bridgehead atoms. The van der Waals surface area contributed by atoms with E-state index < -0.39 is 0 Å². The van der Waals surface area contributed by atoms with Crippen LogP contribution in [0.3, 0.4) is 0 Å². The fraction of sp³-hybridized carbons (Fsp3) is 0.800. The second kappa shape index (κ2) is 8.72. The van der Waals surface area contributed by atoms with E-state index in [1.54, 1.807) is 7.11 Å². The lowest BCUT2D eigenvalue weighted by atomic mass is 10.3. The Morgan fingerprint density at radius 1 is 1.35 bits per heavy atom. The van der Waals surface area contributed by atoms with Crippen molar-refractivity contribution in [2.24, 2.45) is 0 Å². The van der Waals surface area contributed by atoms with Crippen LogP contribution in [0.15, 0.2) is 0 Å². The molecule has 114 valence electrons. The number of aromatic nitrogens is 1. The zero-order chi connectivity index (χ0) is 14.2. The number of nitrogens with one attached hydrogen (secondary N) is 1. The van der Waals surface area contributed by atoms with Crippen molar-refractivity contribution in [2.75, 3.05) is 39.9 Å². The van der Waals surface area contributed by atoms with Crippen molar-refractivity contribution in [2.45, 2.75) is 39.2 Å². The maximum atomic E-state index is 5.06. The van der Waals surface area contributed by atoms with Gasteiger partial charge in [-0.3, -0.25) is 0 Å². The van der Waals surface area contributed by atoms with Gasteiger partial charge in [-0.15, -0.1) is 11.3 Å². The largest absolute Gasteiger partial charge is 0.383 e. The summed E-state index contributed by atoms with van der Waals surface area (Å²) in [6, 6.07) is 0. The molecule has 0 spiro atoms. The Bertz CT molecular complexity index is 388. The minimum absolute atomic E-state index is 0.766. The van der Waals surface area contributed by atoms with E-state index in [1.807, 2.05) is 11.3 Å². The average molecular weight is 297 g/mol. The molecule has 0 saturated carbocycles. The maximum absolute atomic E-state index is 5.06. The zero-order valence-corrected chi connectivity index (χ0v) is 13.6. The van der Waals surface area contributed by atoms with E-state index >= 15 is 0 Å². The fourth-order valence-corrected chi connectivity index (χ4v) is 3.71. The van der Waals surface area contributed by atoms with Gasteiger partial charge in [0.25, 0.3) is 0 Å². The Morgan fingerprint density at radius 3 is 2.85 bits per heavy atom. The van der Waals surface area contributed by atoms with Crippen molar-refractivity contribution in [1.82, 2.24) is 15.2 Å². The molecule has 4 nitrogen and oxygen atoms in total. The molecule has 1 aliphatic rings. The molecule has 1 aromatic rings. The fourth-order valence-electron chi connectivity index (χ4n) is 2.59. The summed E-state index contributed by atoms with van der Waals surface area (Å²) in [5, 5.41) is 4.73. The molecule has 1 saturated heterocycles. The first-order chi connectivity index (χ1) is 9.83. The molecule has 2 rings (SSSR count). The van der Waals surface area contributed by atoms with Crippen LogP contribution in [0.4, 0.5) is 0 Å². The van der Waals surface area contributed by atoms with Crippen LogP contribution in [0, 0.1) is 0 Å². The molecule has 2 heterocycles. The summed E-state index contributed by atoms with van der Waals surface area (Å²) in [6.45, 7) is 8.51. The van der Waals surface area contributed by atoms with E-state index in [1.165, 1.54) is 48.1 Å². The smallest absolute Gasteiger partial charge is 0.0944 e. The van der Waals surface area contributed by atoms with Crippen LogP contribution in [-0.4, -0.2) is 49.8 Å². The second-order valence-corrected chi connectivity index (χ2v) is 6.47. The van der Waals surface area contributed by atoms with Gasteiger partial charge in [0.1, 0.15) is 0 Å². The molecule has 1 aromatic heterocycles. The Balaban J connectivity index is 1.81. The van der Waals surface area contributed by atoms with E-state index in [4.69, 9.17) is 9.72 Å². The number of hydrogen-bond acceptors (Lipinski definition) is 5. The number of aryl methyl sites for hydroxylation is 1. The average Bonchev–Trinajstić information content (AvgIpc) is 3.10. The van der Waals surface area contributed by atoms with Gasteiger partial charge in [-0.1, -0.05) is 6.92 Å². The number of thiazole rings is 1. The van der Waals surface area contributed by atoms with Gasteiger partial charge in [-0.05, 0) is 32.4 Å². The summed E-state index contributed by atoms with van der Waals surface area (Å²) < 4.78 is 5.06. The van der Waals surface area contributed by atoms with Crippen molar-refractivity contribution >= 4 is 11.3 Å². The van der Waals surface area contributed by atoms with Crippen LogP contribution >= 0.6 is 11.3 Å². The van der Waals surface area contributed by atoms with Crippen molar-refractivity contribution in [3.63, 3.8) is 0 Å². The molecule has 0 atom stereocenters. The molecule has 0 amide bonds. The summed E-state index contributed by atoms with van der Waals surface area (Å²) in [7, 11) is 1.74. The lowest BCUT2D eigenvalue weighted by Crippen LogP contribution is -2.21. The van der Waals surface area contributed by atoms with E-state index in [9.17, 15) is 0 Å². The molecular formula is C15H27N3OS. The van der Waals surface area contributed by atoms with Gasteiger partial charge in [0.15, 0.2) is 0 Å². The lowest BCUT2D eigenvalue weighted by molar-refractivity contribution is 0.199. The van der Waals surface area contributed by atoms with Gasteiger partial charge in [-0.2, -0.15) is 0 Å². The van der Waals surface area contributed by atoms with E-state index in [0.717, 1.165) is 32.5 Å². The predicted molar refractivity (Wildman–Crippen MR) is 84.5 cm³/mol. The highest BCUT2D eigenvalue weighted by atomic mass is 32.1. The van der Waals surface area contributed by atoms with Crippen LogP contribution in [0.2, 0.25) is 0 Å². The van der Waals surface area contributed by atoms with Gasteiger partial charge in [0, 0.05) is 38.0 Å². The van der Waals surface area contributed by atoms with Gasteiger partial charge < -0.3 is 15.0 Å². The zero-order valence-electron chi connectivity index (χ0n) is 12.8. The third-order valence-electron chi connectivity index (χ3n) is 3.77. The number of likely N-dealkylation sites (tertiary alicyclic amines) is 1. The molecule has 1 fully saturated rings. The number of hydrogen-bond donors (Lipinski definition) is 1. The quantitative estimate of drug-likeness (QED) is 0.708. The highest BCUT2D eigenvalue weighted by Crippen LogP contribution is 2.20. The third-order valence-corrected chi connectivity index (χ3v) is 4.92. The van der Waals surface area contributed by atoms with Gasteiger partial charge in [0.05, 0.1) is 17.3 Å². The van der Waals surface area contributed by atoms with Crippen molar-refractivity contribution < 1.29 is 4.74 Å². The minimum Gasteiger partial charge on any atom is -0.383 e. The number of methoxy groups -OCH3 is 1. The highest BCUT2D eigenvalue weighted by Gasteiger charge is 2.14. The third kappa shape index (κ3) is 4.81. The topological polar surface area (TPSA) is 37.4 Å². The van der Waals surface area contributed by atoms with E-state index in [0.29, 0.717) is 0 Å². The molecule has 1 aliphatic heterocycles. The first-order valence-electron chi connectivity index (χ1n) is 7.73. The monoisotopic (exact) mass is 297 g/mol. The predicted octanol–water partition coefficient (Wildman–Crippen LogP) is 2.08. The van der Waals surface area contributed by atoms with Crippen LogP contribution < -0.4 is 5.32 Å². The molecule has 20 heavy (non-hydrogen) atoms. The van der Waals surface area contributed by atoms with E-state index in [-0.39, 0.29) is 0 Å². The number of nitrogens with zero attached hydrogens (tertiary/aromatic N) is 2. The number of rotatable bonds is 9. The Kier molecular flexibility index (Phi) is 6.93.